The minimum Gasteiger partial charge on any atom is -0.465 e. The number of amides is 1. The largest absolute Gasteiger partial charge is 0.471 e. The zero-order valence-electron chi connectivity index (χ0n) is 23.2. The van der Waals surface area contributed by atoms with Crippen LogP contribution >= 0.6 is 0 Å². The van der Waals surface area contributed by atoms with Crippen LogP contribution in [0.15, 0.2) is 65.0 Å². The number of carbonyl (C=O) groups excluding carboxylic acids is 2. The second kappa shape index (κ2) is 11.0. The van der Waals surface area contributed by atoms with E-state index in [1.807, 2.05) is 56.3 Å². The molecular weight excluding hydrogens is 533 g/mol. The van der Waals surface area contributed by atoms with E-state index in [0.29, 0.717) is 36.6 Å². The van der Waals surface area contributed by atoms with E-state index in [1.165, 1.54) is 7.11 Å². The van der Waals surface area contributed by atoms with Gasteiger partial charge in [-0.15, -0.1) is 0 Å². The van der Waals surface area contributed by atoms with Crippen molar-refractivity contribution in [3.05, 3.63) is 87.4 Å². The summed E-state index contributed by atoms with van der Waals surface area (Å²) in [5.74, 6) is -2.05. The number of piperidine rings is 1. The molecule has 0 radical (unpaired) electrons. The number of halogens is 3. The Balaban J connectivity index is 1.39. The van der Waals surface area contributed by atoms with Crippen molar-refractivity contribution < 1.29 is 27.5 Å². The minimum absolute atomic E-state index is 0.0919. The van der Waals surface area contributed by atoms with Crippen LogP contribution in [0.5, 0.6) is 0 Å². The number of esters is 1. The molecule has 0 unspecified atom stereocenters. The van der Waals surface area contributed by atoms with E-state index in [9.17, 15) is 27.6 Å². The average Bonchev–Trinajstić information content (AvgIpc) is 2.96. The Hall–Kier alpha value is -4.14. The van der Waals surface area contributed by atoms with Gasteiger partial charge in [-0.3, -0.25) is 14.2 Å². The zero-order chi connectivity index (χ0) is 29.5. The summed E-state index contributed by atoms with van der Waals surface area (Å²) >= 11 is 0. The van der Waals surface area contributed by atoms with Gasteiger partial charge in [0.25, 0.3) is 5.56 Å². The van der Waals surface area contributed by atoms with Gasteiger partial charge in [0.05, 0.1) is 12.7 Å². The fraction of sp³-hybridized carbons (Fsp3) is 0.344. The number of hydrogen-bond acceptors (Lipinski definition) is 4. The number of fused-ring (bicyclic) bond motifs is 1. The third kappa shape index (κ3) is 5.58. The van der Waals surface area contributed by atoms with Gasteiger partial charge in [-0.1, -0.05) is 23.8 Å². The summed E-state index contributed by atoms with van der Waals surface area (Å²) in [6.07, 6.45) is 1.42. The van der Waals surface area contributed by atoms with Crippen molar-refractivity contribution in [2.45, 2.75) is 45.7 Å². The van der Waals surface area contributed by atoms with Crippen LogP contribution in [0.3, 0.4) is 0 Å². The summed E-state index contributed by atoms with van der Waals surface area (Å²) in [4.78, 5) is 38.1. The number of aryl methyl sites for hydroxylation is 2. The Labute approximate surface area is 235 Å². The van der Waals surface area contributed by atoms with Gasteiger partial charge in [0.1, 0.15) is 0 Å². The molecule has 6 nitrogen and oxygen atoms in total. The molecule has 3 aromatic rings. The Kier molecular flexibility index (Phi) is 7.64. The molecule has 0 saturated carbocycles. The van der Waals surface area contributed by atoms with E-state index in [-0.39, 0.29) is 24.6 Å². The molecule has 0 spiro atoms. The first kappa shape index (κ1) is 28.4. The summed E-state index contributed by atoms with van der Waals surface area (Å²) in [6, 6.07) is 13.0. The van der Waals surface area contributed by atoms with Crippen molar-refractivity contribution in [2.75, 3.05) is 20.2 Å². The molecule has 1 saturated heterocycles. The summed E-state index contributed by atoms with van der Waals surface area (Å²) < 4.78 is 44.9. The van der Waals surface area contributed by atoms with Gasteiger partial charge in [0.15, 0.2) is 0 Å². The molecular formula is C32H31F3N2O4. The molecule has 214 valence electrons. The second-order valence-corrected chi connectivity index (χ2v) is 10.7. The van der Waals surface area contributed by atoms with Crippen LogP contribution in [0.4, 0.5) is 13.2 Å². The highest BCUT2D eigenvalue weighted by Gasteiger charge is 2.43. The molecule has 9 heteroatoms. The number of nitrogens with zero attached hydrogens (tertiary/aromatic N) is 2. The van der Waals surface area contributed by atoms with E-state index in [2.05, 4.69) is 0 Å². The lowest BCUT2D eigenvalue weighted by atomic mass is 9.84. The number of benzene rings is 2. The van der Waals surface area contributed by atoms with Crippen molar-refractivity contribution in [3.8, 4) is 11.1 Å². The lowest BCUT2D eigenvalue weighted by Gasteiger charge is -2.34. The molecule has 1 aliphatic carbocycles. The molecule has 2 aliphatic rings. The Morgan fingerprint density at radius 3 is 2.32 bits per heavy atom. The molecule has 1 amide bonds. The fourth-order valence-corrected chi connectivity index (χ4v) is 5.95. The lowest BCUT2D eigenvalue weighted by molar-refractivity contribution is -0.186. The first-order valence-corrected chi connectivity index (χ1v) is 13.6. The van der Waals surface area contributed by atoms with E-state index >= 15 is 0 Å². The molecule has 5 rings (SSSR count). The molecule has 0 N–H and O–H groups in total. The first-order chi connectivity index (χ1) is 19.5. The van der Waals surface area contributed by atoms with Gasteiger partial charge in [0, 0.05) is 29.9 Å². The van der Waals surface area contributed by atoms with Gasteiger partial charge in [-0.2, -0.15) is 13.2 Å². The number of hydrogen-bond donors (Lipinski definition) is 0. The van der Waals surface area contributed by atoms with Gasteiger partial charge < -0.3 is 9.64 Å². The first-order valence-electron chi connectivity index (χ1n) is 13.6. The van der Waals surface area contributed by atoms with E-state index in [4.69, 9.17) is 4.74 Å². The van der Waals surface area contributed by atoms with Crippen LogP contribution in [-0.4, -0.2) is 47.7 Å². The summed E-state index contributed by atoms with van der Waals surface area (Å²) in [5, 5.41) is 1.38. The molecule has 1 aromatic heterocycles. The van der Waals surface area contributed by atoms with E-state index < -0.39 is 18.1 Å². The highest BCUT2D eigenvalue weighted by Crippen LogP contribution is 2.34. The maximum absolute atomic E-state index is 13.6. The summed E-state index contributed by atoms with van der Waals surface area (Å²) in [5.41, 5.74) is 5.92. The lowest BCUT2D eigenvalue weighted by Crippen LogP contribution is -2.45. The van der Waals surface area contributed by atoms with E-state index in [0.717, 1.165) is 43.9 Å². The number of alkyl halides is 3. The van der Waals surface area contributed by atoms with Crippen LogP contribution in [0, 0.1) is 19.8 Å². The predicted molar refractivity (Wildman–Crippen MR) is 151 cm³/mol. The fourth-order valence-electron chi connectivity index (χ4n) is 5.95. The van der Waals surface area contributed by atoms with Crippen molar-refractivity contribution in [1.29, 1.82) is 0 Å². The number of methoxy groups -OCH3 is 1. The summed E-state index contributed by atoms with van der Waals surface area (Å²) in [6.45, 7) is 4.04. The van der Waals surface area contributed by atoms with Gasteiger partial charge in [-0.25, -0.2) is 4.79 Å². The smallest absolute Gasteiger partial charge is 0.465 e. The van der Waals surface area contributed by atoms with Crippen LogP contribution in [-0.2, 0) is 9.53 Å². The Bertz CT molecular complexity index is 1660. The highest BCUT2D eigenvalue weighted by molar-refractivity contribution is 5.93. The SMILES string of the molecule is COC(=O)c1ccc(C)c(-c2ccc3c(=O)n(C4=CC=C(C5CCN(C(=O)C(F)(F)F)CC5)CC4)c(C)cc3c2)c1. The van der Waals surface area contributed by atoms with Gasteiger partial charge in [0.2, 0.25) is 0 Å². The number of rotatable bonds is 4. The molecule has 41 heavy (non-hydrogen) atoms. The Morgan fingerprint density at radius 1 is 0.951 bits per heavy atom. The highest BCUT2D eigenvalue weighted by atomic mass is 19.4. The normalized spacial score (nSPS) is 16.4. The topological polar surface area (TPSA) is 68.6 Å². The molecule has 2 heterocycles. The van der Waals surface area contributed by atoms with Crippen LogP contribution in [0.1, 0.15) is 47.3 Å². The quantitative estimate of drug-likeness (QED) is 0.343. The van der Waals surface area contributed by atoms with Crippen molar-refractivity contribution >= 4 is 28.3 Å². The van der Waals surface area contributed by atoms with Crippen molar-refractivity contribution in [2.24, 2.45) is 5.92 Å². The number of allylic oxidation sites excluding steroid dienone is 4. The second-order valence-electron chi connectivity index (χ2n) is 10.7. The number of ether oxygens (including phenoxy) is 1. The van der Waals surface area contributed by atoms with Crippen molar-refractivity contribution in [3.63, 3.8) is 0 Å². The number of aromatic nitrogens is 1. The van der Waals surface area contributed by atoms with Gasteiger partial charge in [-0.05, 0) is 104 Å². The standard InChI is InChI=1S/C32H31F3N2O4/c1-19-4-5-24(30(39)41-3)18-28(19)23-8-11-27-25(17-23)16-20(2)37(29(27)38)26-9-6-21(7-10-26)22-12-14-36(15-13-22)31(40)32(33,34)35/h4-6,8-9,11,16-18,22H,7,10,12-15H2,1-3H3. The number of pyridine rings is 1. The van der Waals surface area contributed by atoms with E-state index in [1.54, 1.807) is 16.7 Å². The third-order valence-electron chi connectivity index (χ3n) is 8.17. The monoisotopic (exact) mass is 564 g/mol. The molecule has 1 fully saturated rings. The van der Waals surface area contributed by atoms with Crippen LogP contribution in [0.2, 0.25) is 0 Å². The number of carbonyl (C=O) groups is 2. The van der Waals surface area contributed by atoms with Crippen LogP contribution < -0.4 is 5.56 Å². The molecule has 1 aliphatic heterocycles. The molecule has 0 atom stereocenters. The average molecular weight is 565 g/mol. The number of likely N-dealkylation sites (tertiary alicyclic amines) is 1. The molecule has 0 bridgehead atoms. The predicted octanol–water partition coefficient (Wildman–Crippen LogP) is 6.43. The summed E-state index contributed by atoms with van der Waals surface area (Å²) in [7, 11) is 1.35. The maximum atomic E-state index is 13.6. The minimum atomic E-state index is -4.84. The van der Waals surface area contributed by atoms with Crippen LogP contribution in [0.25, 0.3) is 27.6 Å². The maximum Gasteiger partial charge on any atom is 0.471 e. The van der Waals surface area contributed by atoms with Gasteiger partial charge >= 0.3 is 18.1 Å². The molecule has 2 aromatic carbocycles. The third-order valence-corrected chi connectivity index (χ3v) is 8.17. The Morgan fingerprint density at radius 2 is 1.68 bits per heavy atom. The zero-order valence-corrected chi connectivity index (χ0v) is 23.2. The van der Waals surface area contributed by atoms with Crippen molar-refractivity contribution in [1.82, 2.24) is 9.47 Å².